The minimum absolute atomic E-state index is 0.0790. The van der Waals surface area contributed by atoms with E-state index >= 15 is 0 Å². The molecule has 3 rings (SSSR count). The van der Waals surface area contributed by atoms with Gasteiger partial charge < -0.3 is 14.5 Å². The van der Waals surface area contributed by atoms with Crippen molar-refractivity contribution in [3.05, 3.63) is 54.4 Å². The molecule has 0 unspecified atom stereocenters. The molecule has 0 aliphatic carbocycles. The Balaban J connectivity index is 1.40. The molecule has 0 atom stereocenters. The lowest BCUT2D eigenvalue weighted by Crippen LogP contribution is -2.27. The first-order valence-corrected chi connectivity index (χ1v) is 8.99. The van der Waals surface area contributed by atoms with Crippen molar-refractivity contribution in [1.29, 1.82) is 0 Å². The molecule has 0 aliphatic rings. The Morgan fingerprint density at radius 2 is 2.08 bits per heavy atom. The number of amides is 1. The Hall–Kier alpha value is -2.87. The number of aromatic nitrogens is 3. The van der Waals surface area contributed by atoms with E-state index in [0.29, 0.717) is 17.7 Å². The smallest absolute Gasteiger partial charge is 0.277 e. The zero-order valence-corrected chi connectivity index (χ0v) is 15.0. The van der Waals surface area contributed by atoms with E-state index in [2.05, 4.69) is 20.5 Å². The monoisotopic (exact) mass is 370 g/mol. The van der Waals surface area contributed by atoms with Crippen LogP contribution in [0.15, 0.2) is 58.4 Å². The summed E-state index contributed by atoms with van der Waals surface area (Å²) in [4.78, 5) is 15.9. The molecule has 8 heteroatoms. The SMILES string of the molecule is COc1ccc(CCNC(=O)CSc2nnc(-c3cccnc3)o2)cc1. The van der Waals surface area contributed by atoms with Crippen molar-refractivity contribution in [3.63, 3.8) is 0 Å². The van der Waals surface area contributed by atoms with Gasteiger partial charge in [0.25, 0.3) is 5.22 Å². The number of pyridine rings is 1. The maximum Gasteiger partial charge on any atom is 0.277 e. The molecule has 1 amide bonds. The van der Waals surface area contributed by atoms with Crippen LogP contribution in [-0.2, 0) is 11.2 Å². The Morgan fingerprint density at radius 3 is 2.81 bits per heavy atom. The highest BCUT2D eigenvalue weighted by atomic mass is 32.2. The first-order chi connectivity index (χ1) is 12.7. The first-order valence-electron chi connectivity index (χ1n) is 8.01. The lowest BCUT2D eigenvalue weighted by atomic mass is 10.1. The van der Waals surface area contributed by atoms with Gasteiger partial charge in [0, 0.05) is 18.9 Å². The summed E-state index contributed by atoms with van der Waals surface area (Å²) in [5.74, 6) is 1.35. The Morgan fingerprint density at radius 1 is 1.23 bits per heavy atom. The predicted molar refractivity (Wildman–Crippen MR) is 98.0 cm³/mol. The minimum Gasteiger partial charge on any atom is -0.497 e. The van der Waals surface area contributed by atoms with E-state index < -0.39 is 0 Å². The number of nitrogens with zero attached hydrogens (tertiary/aromatic N) is 3. The number of hydrogen-bond acceptors (Lipinski definition) is 7. The molecular weight excluding hydrogens is 352 g/mol. The van der Waals surface area contributed by atoms with E-state index in [-0.39, 0.29) is 11.7 Å². The van der Waals surface area contributed by atoms with E-state index in [1.807, 2.05) is 30.3 Å². The van der Waals surface area contributed by atoms with Gasteiger partial charge in [-0.25, -0.2) is 0 Å². The number of ether oxygens (including phenoxy) is 1. The molecule has 3 aromatic rings. The van der Waals surface area contributed by atoms with Crippen LogP contribution in [0.5, 0.6) is 5.75 Å². The van der Waals surface area contributed by atoms with Crippen molar-refractivity contribution < 1.29 is 13.9 Å². The Bertz CT molecular complexity index is 837. The molecule has 1 aromatic carbocycles. The molecule has 0 bridgehead atoms. The zero-order chi connectivity index (χ0) is 18.2. The van der Waals surface area contributed by atoms with Crippen molar-refractivity contribution >= 4 is 17.7 Å². The Kier molecular flexibility index (Phi) is 6.21. The lowest BCUT2D eigenvalue weighted by Gasteiger charge is -2.05. The summed E-state index contributed by atoms with van der Waals surface area (Å²) < 4.78 is 10.6. The van der Waals surface area contributed by atoms with Gasteiger partial charge in [-0.2, -0.15) is 0 Å². The van der Waals surface area contributed by atoms with Gasteiger partial charge >= 0.3 is 0 Å². The largest absolute Gasteiger partial charge is 0.497 e. The summed E-state index contributed by atoms with van der Waals surface area (Å²) in [5.41, 5.74) is 1.88. The van der Waals surface area contributed by atoms with Gasteiger partial charge in [0.1, 0.15) is 5.75 Å². The van der Waals surface area contributed by atoms with Crippen LogP contribution in [0, 0.1) is 0 Å². The van der Waals surface area contributed by atoms with Crippen LogP contribution in [0.25, 0.3) is 11.5 Å². The van der Waals surface area contributed by atoms with Gasteiger partial charge in [0.15, 0.2) is 0 Å². The maximum absolute atomic E-state index is 11.9. The van der Waals surface area contributed by atoms with E-state index in [1.165, 1.54) is 11.8 Å². The molecule has 0 aliphatic heterocycles. The predicted octanol–water partition coefficient (Wildman–Crippen LogP) is 2.59. The molecule has 7 nitrogen and oxygen atoms in total. The summed E-state index contributed by atoms with van der Waals surface area (Å²) in [6.45, 7) is 0.566. The highest BCUT2D eigenvalue weighted by Gasteiger charge is 2.11. The number of carbonyl (C=O) groups is 1. The highest BCUT2D eigenvalue weighted by Crippen LogP contribution is 2.22. The third-order valence-corrected chi connectivity index (χ3v) is 4.36. The van der Waals surface area contributed by atoms with Crippen LogP contribution in [-0.4, -0.2) is 40.5 Å². The number of thioether (sulfide) groups is 1. The number of rotatable bonds is 8. The van der Waals surface area contributed by atoms with Gasteiger partial charge in [-0.3, -0.25) is 9.78 Å². The zero-order valence-electron chi connectivity index (χ0n) is 14.2. The summed E-state index contributed by atoms with van der Waals surface area (Å²) in [5, 5.41) is 11.1. The number of benzene rings is 1. The van der Waals surface area contributed by atoms with E-state index in [0.717, 1.165) is 23.3 Å². The number of carbonyl (C=O) groups excluding carboxylic acids is 1. The van der Waals surface area contributed by atoms with E-state index in [4.69, 9.17) is 9.15 Å². The molecular formula is C18H18N4O3S. The fraction of sp³-hybridized carbons (Fsp3) is 0.222. The standard InChI is InChI=1S/C18H18N4O3S/c1-24-15-6-4-13(5-7-15)8-10-20-16(23)12-26-18-22-21-17(25-18)14-3-2-9-19-11-14/h2-7,9,11H,8,10,12H2,1H3,(H,20,23). The average molecular weight is 370 g/mol. The van der Waals surface area contributed by atoms with Crippen molar-refractivity contribution in [3.8, 4) is 17.2 Å². The van der Waals surface area contributed by atoms with Crippen molar-refractivity contribution in [1.82, 2.24) is 20.5 Å². The van der Waals surface area contributed by atoms with Crippen molar-refractivity contribution in [2.75, 3.05) is 19.4 Å². The van der Waals surface area contributed by atoms with Crippen LogP contribution < -0.4 is 10.1 Å². The quantitative estimate of drug-likeness (QED) is 0.610. The Labute approximate surface area is 155 Å². The number of nitrogens with one attached hydrogen (secondary N) is 1. The van der Waals surface area contributed by atoms with Gasteiger partial charge in [0.2, 0.25) is 11.8 Å². The molecule has 2 heterocycles. The van der Waals surface area contributed by atoms with Crippen molar-refractivity contribution in [2.24, 2.45) is 0 Å². The van der Waals surface area contributed by atoms with Crippen LogP contribution in [0.1, 0.15) is 5.56 Å². The fourth-order valence-electron chi connectivity index (χ4n) is 2.19. The lowest BCUT2D eigenvalue weighted by molar-refractivity contribution is -0.118. The third-order valence-electron chi connectivity index (χ3n) is 3.54. The second-order valence-electron chi connectivity index (χ2n) is 5.35. The molecule has 0 radical (unpaired) electrons. The third kappa shape index (κ3) is 5.06. The molecule has 0 fully saturated rings. The van der Waals surface area contributed by atoms with Gasteiger partial charge in [0.05, 0.1) is 18.4 Å². The summed E-state index contributed by atoms with van der Waals surface area (Å²) in [6.07, 6.45) is 4.08. The van der Waals surface area contributed by atoms with Gasteiger partial charge in [-0.05, 0) is 36.2 Å². The minimum atomic E-state index is -0.0790. The van der Waals surface area contributed by atoms with Crippen LogP contribution in [0.2, 0.25) is 0 Å². The van der Waals surface area contributed by atoms with Crippen LogP contribution >= 0.6 is 11.8 Å². The summed E-state index contributed by atoms with van der Waals surface area (Å²) in [7, 11) is 1.63. The molecule has 0 saturated heterocycles. The second-order valence-corrected chi connectivity index (χ2v) is 6.28. The average Bonchev–Trinajstić information content (AvgIpc) is 3.17. The van der Waals surface area contributed by atoms with E-state index in [1.54, 1.807) is 25.6 Å². The first kappa shape index (κ1) is 17.9. The molecule has 2 aromatic heterocycles. The number of methoxy groups -OCH3 is 1. The topological polar surface area (TPSA) is 90.1 Å². The number of hydrogen-bond donors (Lipinski definition) is 1. The normalized spacial score (nSPS) is 10.5. The summed E-state index contributed by atoms with van der Waals surface area (Å²) in [6, 6.07) is 11.4. The molecule has 0 saturated carbocycles. The van der Waals surface area contributed by atoms with Gasteiger partial charge in [-0.15, -0.1) is 10.2 Å². The molecule has 26 heavy (non-hydrogen) atoms. The second kappa shape index (κ2) is 9.00. The van der Waals surface area contributed by atoms with Crippen LogP contribution in [0.4, 0.5) is 0 Å². The molecule has 1 N–H and O–H groups in total. The van der Waals surface area contributed by atoms with Gasteiger partial charge in [-0.1, -0.05) is 23.9 Å². The van der Waals surface area contributed by atoms with E-state index in [9.17, 15) is 4.79 Å². The fourth-order valence-corrected chi connectivity index (χ4v) is 2.78. The molecule has 134 valence electrons. The molecule has 0 spiro atoms. The maximum atomic E-state index is 11.9. The van der Waals surface area contributed by atoms with Crippen LogP contribution in [0.3, 0.4) is 0 Å². The highest BCUT2D eigenvalue weighted by molar-refractivity contribution is 7.99. The summed E-state index contributed by atoms with van der Waals surface area (Å²) >= 11 is 1.21. The van der Waals surface area contributed by atoms with Crippen molar-refractivity contribution in [2.45, 2.75) is 11.6 Å².